The van der Waals surface area contributed by atoms with Crippen LogP contribution in [0.15, 0.2) is 36.7 Å². The summed E-state index contributed by atoms with van der Waals surface area (Å²) in [6.07, 6.45) is 5.26. The highest BCUT2D eigenvalue weighted by atomic mass is 35.5. The minimum Gasteiger partial charge on any atom is -0.396 e. The highest BCUT2D eigenvalue weighted by Gasteiger charge is 2.29. The lowest BCUT2D eigenvalue weighted by Crippen LogP contribution is -2.46. The molecule has 1 fully saturated rings. The first kappa shape index (κ1) is 17.0. The maximum absolute atomic E-state index is 12.8. The summed E-state index contributed by atoms with van der Waals surface area (Å²) in [5.74, 6) is 0.148. The van der Waals surface area contributed by atoms with E-state index in [-0.39, 0.29) is 24.5 Å². The Morgan fingerprint density at radius 1 is 1.38 bits per heavy atom. The van der Waals surface area contributed by atoms with Gasteiger partial charge < -0.3 is 10.0 Å². The zero-order chi connectivity index (χ0) is 17.1. The van der Waals surface area contributed by atoms with Crippen molar-refractivity contribution in [2.75, 3.05) is 13.2 Å². The molecule has 128 valence electrons. The average molecular weight is 348 g/mol. The van der Waals surface area contributed by atoms with Crippen LogP contribution in [0.4, 0.5) is 0 Å². The van der Waals surface area contributed by atoms with Crippen LogP contribution in [0, 0.1) is 5.92 Å². The van der Waals surface area contributed by atoms with E-state index in [0.29, 0.717) is 23.7 Å². The summed E-state index contributed by atoms with van der Waals surface area (Å²) in [6.45, 7) is 3.32. The SMILES string of the molecule is CC1CCC(CO)CN1C(=O)c1cnn(Cc2ccccc2Cl)c1. The monoisotopic (exact) mass is 347 g/mol. The van der Waals surface area contributed by atoms with E-state index in [2.05, 4.69) is 12.0 Å². The Bertz CT molecular complexity index is 716. The molecule has 1 aliphatic rings. The summed E-state index contributed by atoms with van der Waals surface area (Å²) in [4.78, 5) is 14.6. The number of likely N-dealkylation sites (tertiary alicyclic amines) is 1. The third kappa shape index (κ3) is 3.62. The van der Waals surface area contributed by atoms with Gasteiger partial charge in [-0.3, -0.25) is 9.48 Å². The molecule has 2 atom stereocenters. The van der Waals surface area contributed by atoms with Gasteiger partial charge in [-0.25, -0.2) is 0 Å². The Kier molecular flexibility index (Phi) is 5.21. The fourth-order valence-electron chi connectivity index (χ4n) is 3.14. The van der Waals surface area contributed by atoms with E-state index in [1.807, 2.05) is 29.2 Å². The van der Waals surface area contributed by atoms with Gasteiger partial charge in [-0.05, 0) is 37.3 Å². The second kappa shape index (κ2) is 7.36. The van der Waals surface area contributed by atoms with E-state index in [1.165, 1.54) is 0 Å². The van der Waals surface area contributed by atoms with Gasteiger partial charge in [0.05, 0.1) is 18.3 Å². The number of benzene rings is 1. The fraction of sp³-hybridized carbons (Fsp3) is 0.444. The number of amides is 1. The standard InChI is InChI=1S/C18H22ClN3O2/c1-13-6-7-14(12-23)9-22(13)18(24)16-8-20-21(11-16)10-15-4-2-3-5-17(15)19/h2-5,8,11,13-14,23H,6-7,9-10,12H2,1H3. The van der Waals surface area contributed by atoms with E-state index in [0.717, 1.165) is 18.4 Å². The third-order valence-electron chi connectivity index (χ3n) is 4.67. The highest BCUT2D eigenvalue weighted by molar-refractivity contribution is 6.31. The third-order valence-corrected chi connectivity index (χ3v) is 5.04. The van der Waals surface area contributed by atoms with Gasteiger partial charge in [0.2, 0.25) is 0 Å². The quantitative estimate of drug-likeness (QED) is 0.925. The molecule has 0 saturated carbocycles. The molecule has 3 rings (SSSR count). The molecule has 2 heterocycles. The molecule has 0 bridgehead atoms. The molecule has 6 heteroatoms. The number of nitrogens with zero attached hydrogens (tertiary/aromatic N) is 3. The summed E-state index contributed by atoms with van der Waals surface area (Å²) in [6, 6.07) is 7.80. The predicted octanol–water partition coefficient (Wildman–Crippen LogP) is 2.82. The second-order valence-electron chi connectivity index (χ2n) is 6.45. The number of aliphatic hydroxyl groups excluding tert-OH is 1. The maximum Gasteiger partial charge on any atom is 0.257 e. The number of hydrogen-bond acceptors (Lipinski definition) is 3. The van der Waals surface area contributed by atoms with E-state index < -0.39 is 0 Å². The molecule has 5 nitrogen and oxygen atoms in total. The Morgan fingerprint density at radius 2 is 2.17 bits per heavy atom. The molecule has 1 saturated heterocycles. The lowest BCUT2D eigenvalue weighted by atomic mass is 9.93. The Morgan fingerprint density at radius 3 is 2.92 bits per heavy atom. The molecule has 0 aliphatic carbocycles. The smallest absolute Gasteiger partial charge is 0.257 e. The molecule has 1 aromatic heterocycles. The summed E-state index contributed by atoms with van der Waals surface area (Å²) < 4.78 is 1.73. The zero-order valence-electron chi connectivity index (χ0n) is 13.7. The summed E-state index contributed by atoms with van der Waals surface area (Å²) in [7, 11) is 0. The summed E-state index contributed by atoms with van der Waals surface area (Å²) in [5.41, 5.74) is 1.54. The number of hydrogen-bond donors (Lipinski definition) is 1. The molecule has 0 spiro atoms. The molecule has 24 heavy (non-hydrogen) atoms. The molecule has 2 unspecified atom stereocenters. The van der Waals surface area contributed by atoms with Crippen molar-refractivity contribution in [1.82, 2.24) is 14.7 Å². The lowest BCUT2D eigenvalue weighted by Gasteiger charge is -2.37. The van der Waals surface area contributed by atoms with Crippen LogP contribution in [0.2, 0.25) is 5.02 Å². The second-order valence-corrected chi connectivity index (χ2v) is 6.86. The van der Waals surface area contributed by atoms with Crippen molar-refractivity contribution in [2.24, 2.45) is 5.92 Å². The Hall–Kier alpha value is -1.85. The topological polar surface area (TPSA) is 58.4 Å². The number of carbonyl (C=O) groups is 1. The van der Waals surface area contributed by atoms with E-state index >= 15 is 0 Å². The van der Waals surface area contributed by atoms with E-state index in [4.69, 9.17) is 11.6 Å². The summed E-state index contributed by atoms with van der Waals surface area (Å²) >= 11 is 6.18. The Balaban J connectivity index is 1.72. The van der Waals surface area contributed by atoms with Crippen LogP contribution < -0.4 is 0 Å². The minimum absolute atomic E-state index is 0.0222. The largest absolute Gasteiger partial charge is 0.396 e. The first-order chi connectivity index (χ1) is 11.6. The van der Waals surface area contributed by atoms with Crippen molar-refractivity contribution in [2.45, 2.75) is 32.4 Å². The van der Waals surface area contributed by atoms with Crippen molar-refractivity contribution < 1.29 is 9.90 Å². The Labute approximate surface area is 146 Å². The van der Waals surface area contributed by atoms with E-state index in [1.54, 1.807) is 17.1 Å². The van der Waals surface area contributed by atoms with Crippen molar-refractivity contribution >= 4 is 17.5 Å². The number of halogens is 1. The van der Waals surface area contributed by atoms with Crippen LogP contribution in [-0.2, 0) is 6.54 Å². The number of aromatic nitrogens is 2. The molecule has 2 aromatic rings. The lowest BCUT2D eigenvalue weighted by molar-refractivity contribution is 0.0489. The van der Waals surface area contributed by atoms with E-state index in [9.17, 15) is 9.90 Å². The van der Waals surface area contributed by atoms with Crippen molar-refractivity contribution in [1.29, 1.82) is 0 Å². The number of piperidine rings is 1. The van der Waals surface area contributed by atoms with Crippen LogP contribution in [0.1, 0.15) is 35.7 Å². The minimum atomic E-state index is -0.0222. The van der Waals surface area contributed by atoms with Gasteiger partial charge in [0, 0.05) is 30.4 Å². The van der Waals surface area contributed by atoms with Gasteiger partial charge in [0.1, 0.15) is 0 Å². The zero-order valence-corrected chi connectivity index (χ0v) is 14.5. The van der Waals surface area contributed by atoms with Gasteiger partial charge in [-0.15, -0.1) is 0 Å². The summed E-state index contributed by atoms with van der Waals surface area (Å²) in [5, 5.41) is 14.4. The molecule has 1 aliphatic heterocycles. The normalized spacial score (nSPS) is 21.0. The fourth-order valence-corrected chi connectivity index (χ4v) is 3.34. The molecule has 0 radical (unpaired) electrons. The first-order valence-corrected chi connectivity index (χ1v) is 8.64. The number of rotatable bonds is 4. The maximum atomic E-state index is 12.8. The van der Waals surface area contributed by atoms with Crippen LogP contribution in [-0.4, -0.2) is 44.9 Å². The molecular formula is C18H22ClN3O2. The molecule has 1 amide bonds. The number of carbonyl (C=O) groups excluding carboxylic acids is 1. The van der Waals surface area contributed by atoms with Gasteiger partial charge >= 0.3 is 0 Å². The predicted molar refractivity (Wildman–Crippen MR) is 93.1 cm³/mol. The molecule has 1 N–H and O–H groups in total. The van der Waals surface area contributed by atoms with Gasteiger partial charge in [0.15, 0.2) is 0 Å². The number of aliphatic hydroxyl groups is 1. The first-order valence-electron chi connectivity index (χ1n) is 8.26. The van der Waals surface area contributed by atoms with Gasteiger partial charge in [0.25, 0.3) is 5.91 Å². The van der Waals surface area contributed by atoms with Gasteiger partial charge in [-0.1, -0.05) is 29.8 Å². The van der Waals surface area contributed by atoms with Crippen LogP contribution in [0.25, 0.3) is 0 Å². The molecule has 1 aromatic carbocycles. The van der Waals surface area contributed by atoms with Crippen LogP contribution >= 0.6 is 11.6 Å². The van der Waals surface area contributed by atoms with Crippen LogP contribution in [0.5, 0.6) is 0 Å². The van der Waals surface area contributed by atoms with Crippen LogP contribution in [0.3, 0.4) is 0 Å². The highest BCUT2D eigenvalue weighted by Crippen LogP contribution is 2.23. The molecular weight excluding hydrogens is 326 g/mol. The van der Waals surface area contributed by atoms with Crippen molar-refractivity contribution in [3.05, 3.63) is 52.8 Å². The van der Waals surface area contributed by atoms with Crippen molar-refractivity contribution in [3.63, 3.8) is 0 Å². The average Bonchev–Trinajstić information content (AvgIpc) is 3.05. The van der Waals surface area contributed by atoms with Gasteiger partial charge in [-0.2, -0.15) is 5.10 Å². The van der Waals surface area contributed by atoms with Crippen molar-refractivity contribution in [3.8, 4) is 0 Å².